The van der Waals surface area contributed by atoms with Crippen LogP contribution in [0.2, 0.25) is 0 Å². The van der Waals surface area contributed by atoms with Gasteiger partial charge in [-0.1, -0.05) is 12.2 Å². The van der Waals surface area contributed by atoms with Gasteiger partial charge in [0.15, 0.2) is 0 Å². The van der Waals surface area contributed by atoms with E-state index >= 15 is 4.39 Å². The third kappa shape index (κ3) is 5.25. The summed E-state index contributed by atoms with van der Waals surface area (Å²) in [6.45, 7) is 7.53. The van der Waals surface area contributed by atoms with E-state index in [4.69, 9.17) is 5.73 Å². The van der Waals surface area contributed by atoms with Crippen LogP contribution in [-0.4, -0.2) is 52.9 Å². The van der Waals surface area contributed by atoms with Crippen LogP contribution in [-0.2, 0) is 4.79 Å². The number of amides is 1. The number of pyridine rings is 1. The number of halogens is 1. The molecule has 1 saturated heterocycles. The molecule has 160 valence electrons. The van der Waals surface area contributed by atoms with Crippen molar-refractivity contribution >= 4 is 17.6 Å². The Morgan fingerprint density at radius 2 is 2.10 bits per heavy atom. The Hall–Kier alpha value is -2.73. The number of hydrogen-bond acceptors (Lipinski definition) is 4. The quantitative estimate of drug-likeness (QED) is 0.740. The molecule has 2 heterocycles. The summed E-state index contributed by atoms with van der Waals surface area (Å²) in [6, 6.07) is 1.93. The number of aromatic nitrogens is 1. The number of nitrogens with zero attached hydrogens (tertiary/aromatic N) is 3. The third-order valence-electron chi connectivity index (χ3n) is 5.67. The SMILES string of the molecule is CCN(C(=O)C1=CCC=C(c2cncc(/C=C\N)c2)C=C1F)C(C)CN1CCCC1. The second kappa shape index (κ2) is 10.3. The van der Waals surface area contributed by atoms with Gasteiger partial charge in [-0.2, -0.15) is 0 Å². The summed E-state index contributed by atoms with van der Waals surface area (Å²) in [7, 11) is 0. The Kier molecular flexibility index (Phi) is 7.57. The zero-order valence-corrected chi connectivity index (χ0v) is 17.9. The summed E-state index contributed by atoms with van der Waals surface area (Å²) in [5, 5.41) is 0. The minimum atomic E-state index is -0.504. The highest BCUT2D eigenvalue weighted by atomic mass is 19.1. The minimum absolute atomic E-state index is 0.0360. The average Bonchev–Trinajstić information content (AvgIpc) is 3.15. The van der Waals surface area contributed by atoms with E-state index in [9.17, 15) is 4.79 Å². The molecule has 0 spiro atoms. The minimum Gasteiger partial charge on any atom is -0.405 e. The maximum absolute atomic E-state index is 15.1. The van der Waals surface area contributed by atoms with Crippen LogP contribution in [0, 0.1) is 0 Å². The highest BCUT2D eigenvalue weighted by Gasteiger charge is 2.27. The van der Waals surface area contributed by atoms with Gasteiger partial charge >= 0.3 is 0 Å². The molecule has 1 aromatic rings. The van der Waals surface area contributed by atoms with Gasteiger partial charge in [-0.3, -0.25) is 9.78 Å². The lowest BCUT2D eigenvalue weighted by molar-refractivity contribution is -0.129. The number of likely N-dealkylation sites (tertiary alicyclic amines) is 1. The standard InChI is InChI=1S/C24H31FN4O/c1-3-29(18(2)17-28-11-4-5-12-28)24(30)22-8-6-7-20(14-23(22)25)21-13-19(9-10-26)15-27-16-21/h7-10,13-16,18H,3-6,11-12,17,26H2,1-2H3/b10-9-. The van der Waals surface area contributed by atoms with Crippen molar-refractivity contribution in [3.63, 3.8) is 0 Å². The summed E-state index contributed by atoms with van der Waals surface area (Å²) in [6.07, 6.45) is 14.5. The van der Waals surface area contributed by atoms with Crippen molar-refractivity contribution in [1.82, 2.24) is 14.8 Å². The Morgan fingerprint density at radius 3 is 2.80 bits per heavy atom. The van der Waals surface area contributed by atoms with Gasteiger partial charge in [-0.25, -0.2) is 4.39 Å². The summed E-state index contributed by atoms with van der Waals surface area (Å²) in [5.74, 6) is -0.749. The zero-order chi connectivity index (χ0) is 21.5. The van der Waals surface area contributed by atoms with Gasteiger partial charge in [-0.05, 0) is 81.8 Å². The van der Waals surface area contributed by atoms with E-state index in [0.29, 0.717) is 18.5 Å². The Bertz CT molecular complexity index is 881. The average molecular weight is 411 g/mol. The summed E-state index contributed by atoms with van der Waals surface area (Å²) in [5.41, 5.74) is 7.93. The molecule has 0 radical (unpaired) electrons. The summed E-state index contributed by atoms with van der Waals surface area (Å²) < 4.78 is 15.1. The molecule has 1 aliphatic heterocycles. The van der Waals surface area contributed by atoms with E-state index in [2.05, 4.69) is 9.88 Å². The van der Waals surface area contributed by atoms with Crippen molar-refractivity contribution in [2.24, 2.45) is 5.73 Å². The number of rotatable bonds is 7. The van der Waals surface area contributed by atoms with Gasteiger partial charge in [-0.15, -0.1) is 0 Å². The van der Waals surface area contributed by atoms with E-state index in [-0.39, 0.29) is 17.5 Å². The highest BCUT2D eigenvalue weighted by Crippen LogP contribution is 2.28. The van der Waals surface area contributed by atoms with Crippen LogP contribution < -0.4 is 5.73 Å². The molecule has 0 bridgehead atoms. The fourth-order valence-corrected chi connectivity index (χ4v) is 4.13. The fourth-order valence-electron chi connectivity index (χ4n) is 4.13. The lowest BCUT2D eigenvalue weighted by Gasteiger charge is -2.31. The van der Waals surface area contributed by atoms with Gasteiger partial charge in [0.05, 0.1) is 5.57 Å². The van der Waals surface area contributed by atoms with Gasteiger partial charge in [0.25, 0.3) is 5.91 Å². The van der Waals surface area contributed by atoms with Crippen LogP contribution in [0.3, 0.4) is 0 Å². The van der Waals surface area contributed by atoms with Crippen LogP contribution in [0.1, 0.15) is 44.2 Å². The first kappa shape index (κ1) is 22.0. The predicted molar refractivity (Wildman–Crippen MR) is 120 cm³/mol. The topological polar surface area (TPSA) is 62.5 Å². The molecular weight excluding hydrogens is 379 g/mol. The molecular formula is C24H31FN4O. The Morgan fingerprint density at radius 1 is 1.33 bits per heavy atom. The molecule has 3 rings (SSSR count). The van der Waals surface area contributed by atoms with Crippen LogP contribution in [0.25, 0.3) is 11.6 Å². The molecule has 0 aromatic carbocycles. The number of likely N-dealkylation sites (N-methyl/N-ethyl adjacent to an activating group) is 1. The first-order valence-electron chi connectivity index (χ1n) is 10.7. The summed E-state index contributed by atoms with van der Waals surface area (Å²) >= 11 is 0. The van der Waals surface area contributed by atoms with Crippen molar-refractivity contribution in [3.05, 3.63) is 65.4 Å². The van der Waals surface area contributed by atoms with Gasteiger partial charge in [0.2, 0.25) is 0 Å². The lowest BCUT2D eigenvalue weighted by atomic mass is 10.0. The number of allylic oxidation sites excluding steroid dienone is 4. The molecule has 1 fully saturated rings. The molecule has 5 nitrogen and oxygen atoms in total. The smallest absolute Gasteiger partial charge is 0.256 e. The molecule has 1 atom stereocenters. The summed E-state index contributed by atoms with van der Waals surface area (Å²) in [4.78, 5) is 21.5. The van der Waals surface area contributed by atoms with E-state index in [1.807, 2.05) is 26.0 Å². The predicted octanol–water partition coefficient (Wildman–Crippen LogP) is 3.91. The molecule has 6 heteroatoms. The van der Waals surface area contributed by atoms with Gasteiger partial charge < -0.3 is 15.5 Å². The van der Waals surface area contributed by atoms with E-state index in [1.165, 1.54) is 25.1 Å². The van der Waals surface area contributed by atoms with E-state index in [1.54, 1.807) is 29.4 Å². The van der Waals surface area contributed by atoms with Gasteiger partial charge in [0, 0.05) is 37.1 Å². The Balaban J connectivity index is 1.76. The molecule has 1 aromatic heterocycles. The molecule has 0 saturated carbocycles. The normalized spacial score (nSPS) is 18.6. The van der Waals surface area contributed by atoms with E-state index in [0.717, 1.165) is 30.8 Å². The molecule has 30 heavy (non-hydrogen) atoms. The second-order valence-corrected chi connectivity index (χ2v) is 7.82. The molecule has 2 aliphatic rings. The number of carbonyl (C=O) groups is 1. The van der Waals surface area contributed by atoms with Crippen LogP contribution in [0.4, 0.5) is 4.39 Å². The molecule has 1 aliphatic carbocycles. The number of carbonyl (C=O) groups excluding carboxylic acids is 1. The molecule has 2 N–H and O–H groups in total. The highest BCUT2D eigenvalue weighted by molar-refractivity contribution is 5.98. The van der Waals surface area contributed by atoms with Crippen LogP contribution in [0.5, 0.6) is 0 Å². The molecule has 1 amide bonds. The zero-order valence-electron chi connectivity index (χ0n) is 17.9. The first-order valence-corrected chi connectivity index (χ1v) is 10.7. The first-order chi connectivity index (χ1) is 14.5. The van der Waals surface area contributed by atoms with Crippen molar-refractivity contribution in [3.8, 4) is 0 Å². The van der Waals surface area contributed by atoms with Crippen LogP contribution >= 0.6 is 0 Å². The van der Waals surface area contributed by atoms with E-state index < -0.39 is 5.83 Å². The number of nitrogens with two attached hydrogens (primary N) is 1. The fraction of sp³-hybridized carbons (Fsp3) is 0.417. The maximum Gasteiger partial charge on any atom is 0.256 e. The lowest BCUT2D eigenvalue weighted by Crippen LogP contribution is -2.45. The third-order valence-corrected chi connectivity index (χ3v) is 5.67. The monoisotopic (exact) mass is 410 g/mol. The van der Waals surface area contributed by atoms with Crippen molar-refractivity contribution in [2.45, 2.75) is 39.2 Å². The Labute approximate surface area is 178 Å². The van der Waals surface area contributed by atoms with Crippen molar-refractivity contribution in [2.75, 3.05) is 26.2 Å². The maximum atomic E-state index is 15.1. The van der Waals surface area contributed by atoms with Crippen LogP contribution in [0.15, 0.2) is 54.3 Å². The van der Waals surface area contributed by atoms with Crippen molar-refractivity contribution in [1.29, 1.82) is 0 Å². The molecule has 1 unspecified atom stereocenters. The largest absolute Gasteiger partial charge is 0.405 e. The second-order valence-electron chi connectivity index (χ2n) is 7.82. The van der Waals surface area contributed by atoms with Gasteiger partial charge in [0.1, 0.15) is 5.83 Å². The van der Waals surface area contributed by atoms with Crippen molar-refractivity contribution < 1.29 is 9.18 Å². The number of hydrogen-bond donors (Lipinski definition) is 1.